The van der Waals surface area contributed by atoms with Crippen LogP contribution in [0.25, 0.3) is 0 Å². The Bertz CT molecular complexity index is 76.0. The van der Waals surface area contributed by atoms with Crippen LogP contribution in [-0.2, 0) is 16.1 Å². The Kier molecular flexibility index (Phi) is 9.21. The maximum atomic E-state index is 9.77. The molecule has 0 spiro atoms. The first kappa shape index (κ1) is 10.1. The molecule has 0 heterocycles. The molecule has 10 heavy (non-hydrogen) atoms. The molecule has 0 amide bonds. The first-order valence-electron chi connectivity index (χ1n) is 3.86. The summed E-state index contributed by atoms with van der Waals surface area (Å²) < 4.78 is 14.4. The predicted molar refractivity (Wildman–Crippen MR) is 44.2 cm³/mol. The van der Waals surface area contributed by atoms with Crippen LogP contribution in [0.2, 0.25) is 0 Å². The van der Waals surface area contributed by atoms with Gasteiger partial charge in [-0.15, -0.1) is 0 Å². The van der Waals surface area contributed by atoms with E-state index in [0.717, 1.165) is 6.42 Å². The van der Waals surface area contributed by atoms with Gasteiger partial charge in [0.1, 0.15) is 11.9 Å². The van der Waals surface area contributed by atoms with Crippen LogP contribution < -0.4 is 0 Å². The van der Waals surface area contributed by atoms with Crippen LogP contribution in [0, 0.1) is 0 Å². The average Bonchev–Trinajstić information content (AvgIpc) is 1.97. The van der Waals surface area contributed by atoms with Gasteiger partial charge in [0.2, 0.25) is 0 Å². The molecule has 0 unspecified atom stereocenters. The summed E-state index contributed by atoms with van der Waals surface area (Å²) in [5.74, 6) is 0. The van der Waals surface area contributed by atoms with Crippen molar-refractivity contribution in [2.45, 2.75) is 39.0 Å². The Morgan fingerprint density at radius 3 is 2.50 bits per heavy atom. The van der Waals surface area contributed by atoms with E-state index in [9.17, 15) is 4.21 Å². The Morgan fingerprint density at radius 2 is 1.90 bits per heavy atom. The highest BCUT2D eigenvalue weighted by molar-refractivity contribution is 7.60. The Hall–Kier alpha value is 0.110. The summed E-state index contributed by atoms with van der Waals surface area (Å²) in [5, 5.41) is 0. The van der Waals surface area contributed by atoms with Gasteiger partial charge in [-0.1, -0.05) is 32.6 Å². The van der Waals surface area contributed by atoms with Gasteiger partial charge in [-0.05, 0) is 6.42 Å². The van der Waals surface area contributed by atoms with Crippen molar-refractivity contribution in [2.24, 2.45) is 0 Å². The number of unbranched alkanes of at least 4 members (excludes halogenated alkanes) is 4. The summed E-state index contributed by atoms with van der Waals surface area (Å²) >= 11 is -0.182. The predicted octanol–water partition coefficient (Wildman–Crippen LogP) is 1.83. The van der Waals surface area contributed by atoms with Crippen LogP contribution in [-0.4, -0.2) is 10.8 Å². The largest absolute Gasteiger partial charge is 0.293 e. The van der Waals surface area contributed by atoms with E-state index in [2.05, 4.69) is 11.1 Å². The lowest BCUT2D eigenvalue weighted by molar-refractivity contribution is 0.342. The molecule has 3 heteroatoms. The molecule has 0 aliphatic carbocycles. The van der Waals surface area contributed by atoms with Crippen LogP contribution in [0.4, 0.5) is 0 Å². The molecule has 0 bridgehead atoms. The number of hydrogen-bond acceptors (Lipinski definition) is 2. The molecule has 0 N–H and O–H groups in total. The summed E-state index contributed by atoms with van der Waals surface area (Å²) in [4.78, 5) is 0. The molecule has 2 nitrogen and oxygen atoms in total. The third kappa shape index (κ3) is 8.11. The lowest BCUT2D eigenvalue weighted by Gasteiger charge is -1.96. The van der Waals surface area contributed by atoms with E-state index >= 15 is 0 Å². The summed E-state index contributed by atoms with van der Waals surface area (Å²) in [6.07, 6.45) is 6.07. The van der Waals surface area contributed by atoms with Gasteiger partial charge in [-0.3, -0.25) is 4.18 Å². The number of hydrogen-bond donors (Lipinski definition) is 1. The van der Waals surface area contributed by atoms with Crippen molar-refractivity contribution in [3.8, 4) is 0 Å². The molecule has 0 aromatic heterocycles. The average molecular weight is 164 g/mol. The molecule has 0 aromatic rings. The molecule has 0 radical (unpaired) electrons. The second-order valence-electron chi connectivity index (χ2n) is 2.32. The molecular formula is C7H16O2S. The smallest absolute Gasteiger partial charge is 0.142 e. The molecule has 0 fully saturated rings. The van der Waals surface area contributed by atoms with Crippen molar-refractivity contribution in [2.75, 3.05) is 6.61 Å². The van der Waals surface area contributed by atoms with Crippen molar-refractivity contribution in [3.63, 3.8) is 0 Å². The van der Waals surface area contributed by atoms with Crippen molar-refractivity contribution in [1.29, 1.82) is 0 Å². The number of rotatable bonds is 7. The van der Waals surface area contributed by atoms with Gasteiger partial charge < -0.3 is 0 Å². The first-order valence-corrected chi connectivity index (χ1v) is 4.59. The monoisotopic (exact) mass is 164 g/mol. The van der Waals surface area contributed by atoms with E-state index in [1.54, 1.807) is 0 Å². The molecule has 62 valence electrons. The van der Waals surface area contributed by atoms with Gasteiger partial charge in [-0.25, -0.2) is 4.21 Å². The fourth-order valence-electron chi connectivity index (χ4n) is 0.807. The Morgan fingerprint density at radius 1 is 1.20 bits per heavy atom. The third-order valence-corrected chi connectivity index (χ3v) is 1.68. The summed E-state index contributed by atoms with van der Waals surface area (Å²) in [6, 6.07) is 0. The van der Waals surface area contributed by atoms with Gasteiger partial charge >= 0.3 is 0 Å². The van der Waals surface area contributed by atoms with Gasteiger partial charge in [0, 0.05) is 0 Å². The van der Waals surface area contributed by atoms with E-state index in [4.69, 9.17) is 0 Å². The third-order valence-electron chi connectivity index (χ3n) is 1.39. The van der Waals surface area contributed by atoms with Gasteiger partial charge in [-0.2, -0.15) is 0 Å². The minimum atomic E-state index is -0.182. The minimum Gasteiger partial charge on any atom is -0.293 e. The highest BCUT2D eigenvalue weighted by Crippen LogP contribution is 2.01. The van der Waals surface area contributed by atoms with Crippen LogP contribution in [0.5, 0.6) is 0 Å². The van der Waals surface area contributed by atoms with E-state index in [0.29, 0.717) is 6.61 Å². The minimum absolute atomic E-state index is 0.182. The molecule has 0 rings (SSSR count). The normalized spacial score (nSPS) is 10.1. The van der Waals surface area contributed by atoms with E-state index < -0.39 is 0 Å². The van der Waals surface area contributed by atoms with Crippen LogP contribution in [0.1, 0.15) is 39.0 Å². The summed E-state index contributed by atoms with van der Waals surface area (Å²) in [7, 11) is 0. The fourth-order valence-corrected chi connectivity index (χ4v) is 1.01. The molecule has 0 aliphatic rings. The van der Waals surface area contributed by atoms with Gasteiger partial charge in [0.15, 0.2) is 0 Å². The first-order chi connectivity index (χ1) is 4.91. The highest BCUT2D eigenvalue weighted by Gasteiger charge is 1.87. The van der Waals surface area contributed by atoms with E-state index in [1.807, 2.05) is 0 Å². The Labute approximate surface area is 66.7 Å². The molecule has 0 aliphatic heterocycles. The van der Waals surface area contributed by atoms with Gasteiger partial charge in [0.05, 0.1) is 6.61 Å². The highest BCUT2D eigenvalue weighted by atomic mass is 32.2. The quantitative estimate of drug-likeness (QED) is 0.459. The molecule has 0 atom stereocenters. The zero-order valence-corrected chi connectivity index (χ0v) is 7.40. The summed E-state index contributed by atoms with van der Waals surface area (Å²) in [5.41, 5.74) is 0. The SMILES string of the molecule is CCCCCCCO[SH]=O. The van der Waals surface area contributed by atoms with Crippen molar-refractivity contribution < 1.29 is 8.39 Å². The van der Waals surface area contributed by atoms with Crippen molar-refractivity contribution in [3.05, 3.63) is 0 Å². The van der Waals surface area contributed by atoms with Crippen LogP contribution >= 0.6 is 0 Å². The van der Waals surface area contributed by atoms with Crippen molar-refractivity contribution >= 4 is 11.9 Å². The number of thiol groups is 1. The molecule has 0 saturated carbocycles. The Balaban J connectivity index is 2.70. The maximum absolute atomic E-state index is 9.77. The molecular weight excluding hydrogens is 148 g/mol. The van der Waals surface area contributed by atoms with E-state index in [1.165, 1.54) is 25.7 Å². The zero-order valence-electron chi connectivity index (χ0n) is 6.51. The van der Waals surface area contributed by atoms with Crippen LogP contribution in [0.15, 0.2) is 0 Å². The van der Waals surface area contributed by atoms with Crippen molar-refractivity contribution in [1.82, 2.24) is 0 Å². The van der Waals surface area contributed by atoms with E-state index in [-0.39, 0.29) is 11.9 Å². The maximum Gasteiger partial charge on any atom is 0.142 e. The zero-order chi connectivity index (χ0) is 7.66. The lowest BCUT2D eigenvalue weighted by atomic mass is 10.2. The molecule has 0 saturated heterocycles. The molecule has 0 aromatic carbocycles. The standard InChI is InChI=1S/C7H16O2S/c1-2-3-4-5-6-7-9-10-8/h10H,2-7H2,1H3. The fraction of sp³-hybridized carbons (Fsp3) is 1.00. The van der Waals surface area contributed by atoms with Crippen LogP contribution in [0.3, 0.4) is 0 Å². The summed E-state index contributed by atoms with van der Waals surface area (Å²) in [6.45, 7) is 2.82. The topological polar surface area (TPSA) is 26.3 Å². The second kappa shape index (κ2) is 9.11. The second-order valence-corrected chi connectivity index (χ2v) is 2.73. The lowest BCUT2D eigenvalue weighted by Crippen LogP contribution is -1.88. The van der Waals surface area contributed by atoms with Gasteiger partial charge in [0.25, 0.3) is 0 Å².